The molecule has 18 heavy (non-hydrogen) atoms. The number of benzene rings is 1. The molecule has 6 nitrogen and oxygen atoms in total. The zero-order chi connectivity index (χ0) is 13.2. The summed E-state index contributed by atoms with van der Waals surface area (Å²) in [4.78, 5) is 9.93. The average molecular weight is 285 g/mol. The van der Waals surface area contributed by atoms with Crippen LogP contribution in [0.1, 0.15) is 0 Å². The van der Waals surface area contributed by atoms with Crippen molar-refractivity contribution in [3.63, 3.8) is 0 Å². The van der Waals surface area contributed by atoms with Crippen LogP contribution >= 0.6 is 11.3 Å². The molecule has 0 saturated carbocycles. The molecule has 2 aromatic rings. The lowest BCUT2D eigenvalue weighted by Gasteiger charge is -2.04. The molecule has 94 valence electrons. The van der Waals surface area contributed by atoms with Crippen LogP contribution in [0.15, 0.2) is 46.0 Å². The van der Waals surface area contributed by atoms with Crippen LogP contribution in [0, 0.1) is 10.1 Å². The predicted octanol–water partition coefficient (Wildman–Crippen LogP) is 2.42. The van der Waals surface area contributed by atoms with Gasteiger partial charge < -0.3 is 4.18 Å². The first kappa shape index (κ1) is 12.5. The summed E-state index contributed by atoms with van der Waals surface area (Å²) in [6, 6.07) is 8.00. The van der Waals surface area contributed by atoms with Gasteiger partial charge in [0.25, 0.3) is 5.69 Å². The van der Waals surface area contributed by atoms with Gasteiger partial charge in [-0.2, -0.15) is 8.42 Å². The predicted molar refractivity (Wildman–Crippen MR) is 65.2 cm³/mol. The van der Waals surface area contributed by atoms with Crippen molar-refractivity contribution < 1.29 is 17.5 Å². The van der Waals surface area contributed by atoms with Gasteiger partial charge in [-0.3, -0.25) is 10.1 Å². The van der Waals surface area contributed by atoms with Gasteiger partial charge >= 0.3 is 10.1 Å². The fraction of sp³-hybridized carbons (Fsp3) is 0. The fourth-order valence-corrected chi connectivity index (χ4v) is 3.10. The quantitative estimate of drug-likeness (QED) is 0.489. The second-order valence-electron chi connectivity index (χ2n) is 3.22. The Balaban J connectivity index is 2.30. The Labute approximate surface area is 107 Å². The normalized spacial score (nSPS) is 11.1. The molecule has 0 aliphatic carbocycles. The van der Waals surface area contributed by atoms with Gasteiger partial charge in [-0.05, 0) is 17.5 Å². The summed E-state index contributed by atoms with van der Waals surface area (Å²) in [7, 11) is -3.92. The highest BCUT2D eigenvalue weighted by Crippen LogP contribution is 2.24. The van der Waals surface area contributed by atoms with E-state index in [-0.39, 0.29) is 15.6 Å². The molecule has 0 fully saturated rings. The lowest BCUT2D eigenvalue weighted by atomic mass is 10.3. The topological polar surface area (TPSA) is 86.5 Å². The lowest BCUT2D eigenvalue weighted by molar-refractivity contribution is -0.384. The second-order valence-corrected chi connectivity index (χ2v) is 5.94. The number of nitrogens with zero attached hydrogens (tertiary/aromatic N) is 1. The summed E-state index contributed by atoms with van der Waals surface area (Å²) < 4.78 is 28.4. The molecule has 0 amide bonds. The lowest BCUT2D eigenvalue weighted by Crippen LogP contribution is -2.07. The minimum absolute atomic E-state index is 0.0500. The van der Waals surface area contributed by atoms with Crippen LogP contribution < -0.4 is 4.18 Å². The van der Waals surface area contributed by atoms with Crippen molar-refractivity contribution in [1.29, 1.82) is 0 Å². The smallest absolute Gasteiger partial charge is 0.348 e. The minimum atomic E-state index is -3.92. The van der Waals surface area contributed by atoms with Crippen LogP contribution in [0.3, 0.4) is 0 Å². The third-order valence-electron chi connectivity index (χ3n) is 1.98. The number of hydrogen-bond acceptors (Lipinski definition) is 6. The van der Waals surface area contributed by atoms with Crippen LogP contribution in [0.25, 0.3) is 0 Å². The van der Waals surface area contributed by atoms with E-state index in [1.54, 1.807) is 11.4 Å². The summed E-state index contributed by atoms with van der Waals surface area (Å²) in [5, 5.41) is 12.2. The molecule has 0 atom stereocenters. The maximum Gasteiger partial charge on any atom is 0.348 e. The molecule has 0 saturated heterocycles. The Hall–Kier alpha value is -1.93. The fourth-order valence-electron chi connectivity index (χ4n) is 1.22. The molecule has 2 rings (SSSR count). The highest BCUT2D eigenvalue weighted by molar-refractivity contribution is 7.89. The molecule has 1 heterocycles. The Bertz CT molecular complexity index is 663. The number of non-ortho nitro benzene ring substituents is 1. The summed E-state index contributed by atoms with van der Waals surface area (Å²) in [6.07, 6.45) is 0. The Morgan fingerprint density at radius 3 is 2.61 bits per heavy atom. The molecule has 0 radical (unpaired) electrons. The van der Waals surface area contributed by atoms with Crippen molar-refractivity contribution in [3.05, 3.63) is 51.9 Å². The summed E-state index contributed by atoms with van der Waals surface area (Å²) in [6.45, 7) is 0. The largest absolute Gasteiger partial charge is 0.378 e. The van der Waals surface area contributed by atoms with Crippen molar-refractivity contribution in [2.45, 2.75) is 4.21 Å². The standard InChI is InChI=1S/C10H7NO5S2/c12-11(13)8-3-1-4-9(7-8)16-18(14,15)10-5-2-6-17-10/h1-7H. The van der Waals surface area contributed by atoms with E-state index in [1.807, 2.05) is 0 Å². The number of nitro groups is 1. The highest BCUT2D eigenvalue weighted by atomic mass is 32.3. The first-order valence-corrected chi connectivity index (χ1v) is 7.00. The van der Waals surface area contributed by atoms with E-state index in [0.29, 0.717) is 0 Å². The van der Waals surface area contributed by atoms with Crippen molar-refractivity contribution in [2.75, 3.05) is 0 Å². The summed E-state index contributed by atoms with van der Waals surface area (Å²) >= 11 is 1.01. The van der Waals surface area contributed by atoms with E-state index < -0.39 is 15.0 Å². The van der Waals surface area contributed by atoms with Gasteiger partial charge in [0, 0.05) is 6.07 Å². The van der Waals surface area contributed by atoms with Gasteiger partial charge in [0.15, 0.2) is 4.21 Å². The molecule has 0 bridgehead atoms. The van der Waals surface area contributed by atoms with Crippen LogP contribution in [0.5, 0.6) is 5.75 Å². The first-order chi connectivity index (χ1) is 8.49. The molecule has 0 spiro atoms. The minimum Gasteiger partial charge on any atom is -0.378 e. The van der Waals surface area contributed by atoms with E-state index >= 15 is 0 Å². The van der Waals surface area contributed by atoms with Gasteiger partial charge in [0.05, 0.1) is 11.0 Å². The van der Waals surface area contributed by atoms with Gasteiger partial charge in [-0.1, -0.05) is 12.1 Å². The molecular weight excluding hydrogens is 278 g/mol. The summed E-state index contributed by atoms with van der Waals surface area (Å²) in [5.74, 6) is -0.0856. The van der Waals surface area contributed by atoms with Crippen molar-refractivity contribution in [1.82, 2.24) is 0 Å². The molecule has 1 aromatic carbocycles. The van der Waals surface area contributed by atoms with Crippen molar-refractivity contribution in [3.8, 4) is 5.75 Å². The molecule has 0 unspecified atom stereocenters. The monoisotopic (exact) mass is 285 g/mol. The Kier molecular flexibility index (Phi) is 3.30. The van der Waals surface area contributed by atoms with Gasteiger partial charge in [0.1, 0.15) is 5.75 Å². The third kappa shape index (κ3) is 2.66. The molecule has 0 N–H and O–H groups in total. The Morgan fingerprint density at radius 1 is 1.22 bits per heavy atom. The number of thiophene rings is 1. The zero-order valence-electron chi connectivity index (χ0n) is 8.85. The average Bonchev–Trinajstić information content (AvgIpc) is 2.82. The van der Waals surface area contributed by atoms with Crippen LogP contribution in [-0.2, 0) is 10.1 Å². The maximum absolute atomic E-state index is 11.8. The van der Waals surface area contributed by atoms with E-state index in [0.717, 1.165) is 17.4 Å². The molecule has 0 aliphatic heterocycles. The number of nitro benzene ring substituents is 1. The molecule has 8 heteroatoms. The van der Waals surface area contributed by atoms with Gasteiger partial charge in [-0.25, -0.2) is 0 Å². The van der Waals surface area contributed by atoms with Crippen molar-refractivity contribution >= 4 is 27.1 Å². The van der Waals surface area contributed by atoms with Crippen LogP contribution in [0.4, 0.5) is 5.69 Å². The molecule has 0 aliphatic rings. The maximum atomic E-state index is 11.8. The highest BCUT2D eigenvalue weighted by Gasteiger charge is 2.18. The number of rotatable bonds is 4. The SMILES string of the molecule is O=[N+]([O-])c1cccc(OS(=O)(=O)c2cccs2)c1. The van der Waals surface area contributed by atoms with E-state index in [9.17, 15) is 18.5 Å². The molecule has 1 aromatic heterocycles. The van der Waals surface area contributed by atoms with E-state index in [2.05, 4.69) is 0 Å². The third-order valence-corrected chi connectivity index (χ3v) is 4.58. The van der Waals surface area contributed by atoms with E-state index in [1.165, 1.54) is 24.3 Å². The van der Waals surface area contributed by atoms with E-state index in [4.69, 9.17) is 4.18 Å². The zero-order valence-corrected chi connectivity index (χ0v) is 10.5. The Morgan fingerprint density at radius 2 is 2.00 bits per heavy atom. The van der Waals surface area contributed by atoms with Crippen LogP contribution in [-0.4, -0.2) is 13.3 Å². The van der Waals surface area contributed by atoms with Gasteiger partial charge in [-0.15, -0.1) is 11.3 Å². The van der Waals surface area contributed by atoms with Crippen molar-refractivity contribution in [2.24, 2.45) is 0 Å². The first-order valence-electron chi connectivity index (χ1n) is 4.71. The second kappa shape index (κ2) is 4.75. The molecular formula is C10H7NO5S2. The number of hydrogen-bond donors (Lipinski definition) is 0. The van der Waals surface area contributed by atoms with Crippen LogP contribution in [0.2, 0.25) is 0 Å². The van der Waals surface area contributed by atoms with Gasteiger partial charge in [0.2, 0.25) is 0 Å². The summed E-state index contributed by atoms with van der Waals surface area (Å²) in [5.41, 5.74) is -0.228.